The van der Waals surface area contributed by atoms with Crippen LogP contribution < -0.4 is 14.2 Å². The summed E-state index contributed by atoms with van der Waals surface area (Å²) < 4.78 is 18.4. The molecule has 282 valence electrons. The van der Waals surface area contributed by atoms with Gasteiger partial charge in [0, 0.05) is 11.1 Å². The van der Waals surface area contributed by atoms with E-state index in [9.17, 15) is 5.11 Å². The molecular formula is C45H63N3O4. The van der Waals surface area contributed by atoms with Crippen LogP contribution in [0, 0.1) is 0 Å². The van der Waals surface area contributed by atoms with Gasteiger partial charge >= 0.3 is 18.0 Å². The van der Waals surface area contributed by atoms with E-state index in [2.05, 4.69) is 28.8 Å². The fourth-order valence-corrected chi connectivity index (χ4v) is 6.45. The van der Waals surface area contributed by atoms with Crippen molar-refractivity contribution in [1.82, 2.24) is 15.0 Å². The SMILES string of the molecule is CCCCCCCCCCCCOc1nc(OCCCCCCCCCCCC)nc(Oc2cc(-c3ccccc3)c(O)c(-c3ccccc3)c2)n1. The molecule has 0 aliphatic carbocycles. The zero-order valence-electron chi connectivity index (χ0n) is 32.0. The van der Waals surface area contributed by atoms with Crippen LogP contribution in [0.15, 0.2) is 72.8 Å². The molecule has 0 aliphatic rings. The summed E-state index contributed by atoms with van der Waals surface area (Å²) in [6.07, 6.45) is 25.1. The standard InChI is InChI=1S/C45H63N3O4/c1-3-5-7-9-11-13-15-17-19-27-33-50-43-46-44(51-34-28-20-18-16-14-12-10-8-6-4-2)48-45(47-43)52-39-35-40(37-29-23-21-24-30-37)42(49)41(36-39)38-31-25-22-26-32-38/h21-26,29-32,35-36,49H,3-20,27-28,33-34H2,1-2H3. The van der Waals surface area contributed by atoms with E-state index in [0.717, 1.165) is 36.8 Å². The highest BCUT2D eigenvalue weighted by atomic mass is 16.5. The van der Waals surface area contributed by atoms with Crippen molar-refractivity contribution in [3.8, 4) is 51.8 Å². The van der Waals surface area contributed by atoms with Crippen LogP contribution in [0.5, 0.6) is 29.5 Å². The molecule has 0 spiro atoms. The third kappa shape index (κ3) is 15.2. The van der Waals surface area contributed by atoms with Crippen LogP contribution in [-0.4, -0.2) is 33.3 Å². The van der Waals surface area contributed by atoms with E-state index in [0.29, 0.717) is 30.1 Å². The van der Waals surface area contributed by atoms with Gasteiger partial charge in [0.2, 0.25) is 0 Å². The van der Waals surface area contributed by atoms with Gasteiger partial charge in [0.15, 0.2) is 0 Å². The summed E-state index contributed by atoms with van der Waals surface area (Å²) in [4.78, 5) is 13.6. The first-order valence-electron chi connectivity index (χ1n) is 20.3. The van der Waals surface area contributed by atoms with Gasteiger partial charge in [0.25, 0.3) is 0 Å². The number of benzene rings is 3. The van der Waals surface area contributed by atoms with Gasteiger partial charge < -0.3 is 19.3 Å². The van der Waals surface area contributed by atoms with E-state index in [1.165, 1.54) is 103 Å². The summed E-state index contributed by atoms with van der Waals surface area (Å²) in [7, 11) is 0. The Kier molecular flexibility index (Phi) is 19.5. The molecule has 1 N–H and O–H groups in total. The van der Waals surface area contributed by atoms with E-state index < -0.39 is 0 Å². The summed E-state index contributed by atoms with van der Waals surface area (Å²) in [6.45, 7) is 5.57. The topological polar surface area (TPSA) is 86.6 Å². The minimum absolute atomic E-state index is 0.0925. The highest BCUT2D eigenvalue weighted by Crippen LogP contribution is 2.42. The summed E-state index contributed by atoms with van der Waals surface area (Å²) in [5, 5.41) is 11.4. The molecule has 3 aromatic carbocycles. The van der Waals surface area contributed by atoms with E-state index >= 15 is 0 Å². The molecule has 0 saturated carbocycles. The lowest BCUT2D eigenvalue weighted by Crippen LogP contribution is -2.07. The van der Waals surface area contributed by atoms with E-state index in [-0.39, 0.29) is 23.8 Å². The summed E-state index contributed by atoms with van der Waals surface area (Å²) in [6, 6.07) is 23.7. The van der Waals surface area contributed by atoms with Crippen LogP contribution in [0.2, 0.25) is 0 Å². The molecule has 0 saturated heterocycles. The Morgan fingerprint density at radius 2 is 0.788 bits per heavy atom. The number of aromatic hydroxyl groups is 1. The van der Waals surface area contributed by atoms with E-state index in [1.807, 2.05) is 72.8 Å². The number of unbranched alkanes of at least 4 members (excludes halogenated alkanes) is 18. The fourth-order valence-electron chi connectivity index (χ4n) is 6.45. The van der Waals surface area contributed by atoms with Gasteiger partial charge in [-0.25, -0.2) is 0 Å². The van der Waals surface area contributed by atoms with Crippen LogP contribution in [0.25, 0.3) is 22.3 Å². The normalized spacial score (nSPS) is 11.1. The lowest BCUT2D eigenvalue weighted by atomic mass is 9.97. The highest BCUT2D eigenvalue weighted by Gasteiger charge is 2.17. The minimum atomic E-state index is 0.0925. The van der Waals surface area contributed by atoms with Crippen LogP contribution in [0.1, 0.15) is 142 Å². The maximum atomic E-state index is 11.4. The minimum Gasteiger partial charge on any atom is -0.507 e. The third-order valence-electron chi connectivity index (χ3n) is 9.49. The highest BCUT2D eigenvalue weighted by molar-refractivity contribution is 5.83. The largest absolute Gasteiger partial charge is 0.507 e. The van der Waals surface area contributed by atoms with Crippen molar-refractivity contribution in [2.45, 2.75) is 142 Å². The molecule has 7 nitrogen and oxygen atoms in total. The average molecular weight is 710 g/mol. The number of nitrogens with zero attached hydrogens (tertiary/aromatic N) is 3. The van der Waals surface area contributed by atoms with Crippen molar-refractivity contribution >= 4 is 0 Å². The van der Waals surface area contributed by atoms with Gasteiger partial charge in [-0.2, -0.15) is 0 Å². The monoisotopic (exact) mass is 709 g/mol. The maximum absolute atomic E-state index is 11.4. The molecule has 4 rings (SSSR count). The number of hydrogen-bond donors (Lipinski definition) is 1. The van der Waals surface area contributed by atoms with Crippen molar-refractivity contribution in [3.63, 3.8) is 0 Å². The van der Waals surface area contributed by atoms with Crippen LogP contribution >= 0.6 is 0 Å². The van der Waals surface area contributed by atoms with Crippen molar-refractivity contribution in [3.05, 3.63) is 72.8 Å². The molecule has 0 atom stereocenters. The van der Waals surface area contributed by atoms with Crippen molar-refractivity contribution in [1.29, 1.82) is 0 Å². The molecule has 0 fully saturated rings. The number of ether oxygens (including phenoxy) is 3. The number of phenolic OH excluding ortho intramolecular Hbond substituents is 1. The predicted octanol–water partition coefficient (Wildman–Crippen LogP) is 13.3. The molecule has 4 aromatic rings. The second kappa shape index (κ2) is 24.9. The van der Waals surface area contributed by atoms with Gasteiger partial charge in [-0.15, -0.1) is 15.0 Å². The zero-order valence-corrected chi connectivity index (χ0v) is 32.0. The molecule has 1 heterocycles. The summed E-state index contributed by atoms with van der Waals surface area (Å²) >= 11 is 0. The Bertz CT molecular complexity index is 1410. The van der Waals surface area contributed by atoms with Crippen LogP contribution in [-0.2, 0) is 0 Å². The lowest BCUT2D eigenvalue weighted by molar-refractivity contribution is 0.244. The van der Waals surface area contributed by atoms with Gasteiger partial charge in [0.1, 0.15) is 11.5 Å². The Balaban J connectivity index is 1.40. The van der Waals surface area contributed by atoms with Gasteiger partial charge in [-0.3, -0.25) is 0 Å². The molecule has 0 radical (unpaired) electrons. The first kappa shape index (κ1) is 40.6. The van der Waals surface area contributed by atoms with Crippen molar-refractivity contribution < 1.29 is 19.3 Å². The second-order valence-electron chi connectivity index (χ2n) is 13.9. The summed E-state index contributed by atoms with van der Waals surface area (Å²) in [5.74, 6) is 0.671. The van der Waals surface area contributed by atoms with Gasteiger partial charge in [0.05, 0.1) is 13.2 Å². The van der Waals surface area contributed by atoms with Gasteiger partial charge in [-0.05, 0) is 36.1 Å². The van der Waals surface area contributed by atoms with E-state index in [4.69, 9.17) is 14.2 Å². The molecule has 0 amide bonds. The maximum Gasteiger partial charge on any atom is 0.331 e. The van der Waals surface area contributed by atoms with Crippen LogP contribution in [0.3, 0.4) is 0 Å². The number of hydrogen-bond acceptors (Lipinski definition) is 7. The third-order valence-corrected chi connectivity index (χ3v) is 9.49. The van der Waals surface area contributed by atoms with E-state index in [1.54, 1.807) is 0 Å². The van der Waals surface area contributed by atoms with Crippen LogP contribution in [0.4, 0.5) is 0 Å². The molecule has 0 bridgehead atoms. The molecule has 1 aromatic heterocycles. The Morgan fingerprint density at radius 3 is 1.17 bits per heavy atom. The fraction of sp³-hybridized carbons (Fsp3) is 0.533. The Labute approximate surface area is 313 Å². The van der Waals surface area contributed by atoms with Crippen molar-refractivity contribution in [2.75, 3.05) is 13.2 Å². The summed E-state index contributed by atoms with van der Waals surface area (Å²) in [5.41, 5.74) is 3.06. The first-order chi connectivity index (χ1) is 25.7. The Hall–Kier alpha value is -4.13. The zero-order chi connectivity index (χ0) is 36.5. The molecular weight excluding hydrogens is 647 g/mol. The predicted molar refractivity (Wildman–Crippen MR) is 214 cm³/mol. The number of aromatic nitrogens is 3. The Morgan fingerprint density at radius 1 is 0.442 bits per heavy atom. The quantitative estimate of drug-likeness (QED) is 0.0587. The lowest BCUT2D eigenvalue weighted by Gasteiger charge is -2.14. The van der Waals surface area contributed by atoms with Gasteiger partial charge in [-0.1, -0.05) is 190 Å². The smallest absolute Gasteiger partial charge is 0.331 e. The molecule has 0 aliphatic heterocycles. The number of rotatable bonds is 28. The number of phenols is 1. The average Bonchev–Trinajstić information content (AvgIpc) is 3.17. The second-order valence-corrected chi connectivity index (χ2v) is 13.9. The molecule has 7 heteroatoms. The molecule has 52 heavy (non-hydrogen) atoms. The first-order valence-corrected chi connectivity index (χ1v) is 20.3. The molecule has 0 unspecified atom stereocenters. The van der Waals surface area contributed by atoms with Crippen molar-refractivity contribution in [2.24, 2.45) is 0 Å².